The van der Waals surface area contributed by atoms with E-state index in [1.807, 2.05) is 63.2 Å². The topological polar surface area (TPSA) is 80.3 Å². The Morgan fingerprint density at radius 1 is 1.13 bits per heavy atom. The van der Waals surface area contributed by atoms with Gasteiger partial charge in [0.2, 0.25) is 11.8 Å². The van der Waals surface area contributed by atoms with Gasteiger partial charge in [0.25, 0.3) is 0 Å². The van der Waals surface area contributed by atoms with Crippen molar-refractivity contribution in [2.75, 3.05) is 17.2 Å². The van der Waals surface area contributed by atoms with Crippen molar-refractivity contribution in [1.82, 2.24) is 4.98 Å². The van der Waals surface area contributed by atoms with Crippen molar-refractivity contribution in [2.24, 2.45) is 0 Å². The van der Waals surface area contributed by atoms with E-state index in [0.717, 1.165) is 33.0 Å². The summed E-state index contributed by atoms with van der Waals surface area (Å²) in [6.07, 6.45) is 1.32. The Morgan fingerprint density at radius 3 is 2.60 bits per heavy atom. The van der Waals surface area contributed by atoms with E-state index in [1.165, 1.54) is 23.1 Å². The molecule has 1 heterocycles. The van der Waals surface area contributed by atoms with Gasteiger partial charge in [0.15, 0.2) is 5.13 Å². The Kier molecular flexibility index (Phi) is 7.70. The number of hydrogen-bond acceptors (Lipinski definition) is 6. The Morgan fingerprint density at radius 2 is 1.90 bits per heavy atom. The zero-order valence-electron chi connectivity index (χ0n) is 17.2. The van der Waals surface area contributed by atoms with Crippen molar-refractivity contribution in [3.05, 3.63) is 42.5 Å². The highest BCUT2D eigenvalue weighted by Gasteiger charge is 2.17. The number of thioether (sulfide) groups is 1. The molecule has 0 radical (unpaired) electrons. The van der Waals surface area contributed by atoms with Gasteiger partial charge in [-0.25, -0.2) is 4.98 Å². The number of amides is 2. The van der Waals surface area contributed by atoms with Crippen LogP contribution in [0.3, 0.4) is 0 Å². The lowest BCUT2D eigenvalue weighted by Gasteiger charge is -2.11. The molecule has 158 valence electrons. The summed E-state index contributed by atoms with van der Waals surface area (Å²) in [5.74, 6) is 0.698. The zero-order chi connectivity index (χ0) is 21.5. The number of rotatable bonds is 9. The van der Waals surface area contributed by atoms with Crippen LogP contribution in [-0.4, -0.2) is 28.7 Å². The molecule has 1 aromatic heterocycles. The van der Waals surface area contributed by atoms with Gasteiger partial charge >= 0.3 is 0 Å². The maximum absolute atomic E-state index is 12.6. The van der Waals surface area contributed by atoms with Crippen LogP contribution in [0.2, 0.25) is 0 Å². The summed E-state index contributed by atoms with van der Waals surface area (Å²) in [5, 5.41) is 6.04. The number of anilines is 2. The minimum atomic E-state index is -0.295. The molecule has 2 aromatic carbocycles. The molecule has 0 spiro atoms. The van der Waals surface area contributed by atoms with Crippen molar-refractivity contribution in [3.63, 3.8) is 0 Å². The minimum absolute atomic E-state index is 0.00913. The van der Waals surface area contributed by atoms with Crippen molar-refractivity contribution in [1.29, 1.82) is 0 Å². The number of thiazole rings is 1. The van der Waals surface area contributed by atoms with Gasteiger partial charge in [0, 0.05) is 17.0 Å². The molecule has 2 amide bonds. The molecular weight excluding hydrogens is 418 g/mol. The summed E-state index contributed by atoms with van der Waals surface area (Å²) in [4.78, 5) is 29.7. The molecule has 30 heavy (non-hydrogen) atoms. The van der Waals surface area contributed by atoms with Crippen molar-refractivity contribution in [2.45, 2.75) is 43.8 Å². The molecule has 1 unspecified atom stereocenters. The van der Waals surface area contributed by atoms with Crippen LogP contribution >= 0.6 is 23.1 Å². The maximum atomic E-state index is 12.6. The van der Waals surface area contributed by atoms with Gasteiger partial charge in [-0.15, -0.1) is 11.8 Å². The fourth-order valence-electron chi connectivity index (χ4n) is 2.75. The first-order chi connectivity index (χ1) is 14.5. The zero-order valence-corrected chi connectivity index (χ0v) is 18.9. The Labute approximate surface area is 184 Å². The fraction of sp³-hybridized carbons (Fsp3) is 0.318. The molecule has 8 heteroatoms. The summed E-state index contributed by atoms with van der Waals surface area (Å²) < 4.78 is 6.49. The molecule has 0 fully saturated rings. The van der Waals surface area contributed by atoms with E-state index in [2.05, 4.69) is 15.6 Å². The lowest BCUT2D eigenvalue weighted by Crippen LogP contribution is -2.22. The number of nitrogens with one attached hydrogen (secondary N) is 2. The monoisotopic (exact) mass is 443 g/mol. The molecule has 0 saturated heterocycles. The van der Waals surface area contributed by atoms with Gasteiger partial charge in [-0.3, -0.25) is 9.59 Å². The first-order valence-corrected chi connectivity index (χ1v) is 11.6. The van der Waals surface area contributed by atoms with Crippen LogP contribution in [0, 0.1) is 0 Å². The van der Waals surface area contributed by atoms with Gasteiger partial charge < -0.3 is 15.4 Å². The summed E-state index contributed by atoms with van der Waals surface area (Å²) in [5.41, 5.74) is 1.59. The summed E-state index contributed by atoms with van der Waals surface area (Å²) >= 11 is 2.89. The van der Waals surface area contributed by atoms with Crippen LogP contribution < -0.4 is 15.4 Å². The molecule has 2 N–H and O–H groups in total. The predicted octanol–water partition coefficient (Wildman–Crippen LogP) is 5.55. The predicted molar refractivity (Wildman–Crippen MR) is 125 cm³/mol. The van der Waals surface area contributed by atoms with Crippen LogP contribution in [0.1, 0.15) is 33.6 Å². The van der Waals surface area contributed by atoms with E-state index in [0.29, 0.717) is 18.2 Å². The molecule has 0 aliphatic heterocycles. The van der Waals surface area contributed by atoms with Gasteiger partial charge in [-0.05, 0) is 62.7 Å². The largest absolute Gasteiger partial charge is 0.494 e. The SMILES string of the molecule is CCCC(=O)Nc1ccc(SC(C)C(=O)Nc2nc3ccc(OCC)cc3s2)cc1. The molecular formula is C22H25N3O3S2. The molecule has 0 aliphatic carbocycles. The molecule has 0 aliphatic rings. The Bertz CT molecular complexity index is 1020. The van der Waals surface area contributed by atoms with Crippen molar-refractivity contribution in [3.8, 4) is 5.75 Å². The van der Waals surface area contributed by atoms with Crippen molar-refractivity contribution >= 4 is 55.9 Å². The minimum Gasteiger partial charge on any atom is -0.494 e. The number of fused-ring (bicyclic) bond motifs is 1. The number of carbonyl (C=O) groups excluding carboxylic acids is 2. The van der Waals surface area contributed by atoms with E-state index in [1.54, 1.807) is 0 Å². The number of hydrogen-bond donors (Lipinski definition) is 2. The van der Waals surface area contributed by atoms with Crippen molar-refractivity contribution < 1.29 is 14.3 Å². The molecule has 6 nitrogen and oxygen atoms in total. The van der Waals surface area contributed by atoms with Crippen LogP contribution in [0.5, 0.6) is 5.75 Å². The lowest BCUT2D eigenvalue weighted by molar-refractivity contribution is -0.116. The second-order valence-electron chi connectivity index (χ2n) is 6.65. The number of carbonyl (C=O) groups is 2. The lowest BCUT2D eigenvalue weighted by atomic mass is 10.3. The van der Waals surface area contributed by atoms with Crippen LogP contribution in [-0.2, 0) is 9.59 Å². The highest BCUT2D eigenvalue weighted by Crippen LogP contribution is 2.30. The third-order valence-electron chi connectivity index (χ3n) is 4.20. The Hall–Kier alpha value is -2.58. The van der Waals surface area contributed by atoms with E-state index in [9.17, 15) is 9.59 Å². The smallest absolute Gasteiger partial charge is 0.239 e. The molecule has 1 atom stereocenters. The third kappa shape index (κ3) is 5.96. The maximum Gasteiger partial charge on any atom is 0.239 e. The first-order valence-electron chi connectivity index (χ1n) is 9.89. The van der Waals surface area contributed by atoms with E-state index >= 15 is 0 Å². The highest BCUT2D eigenvalue weighted by molar-refractivity contribution is 8.00. The first kappa shape index (κ1) is 22.1. The molecule has 0 saturated carbocycles. The molecule has 3 aromatic rings. The molecule has 3 rings (SSSR count). The number of benzene rings is 2. The average Bonchev–Trinajstić information content (AvgIpc) is 3.11. The second kappa shape index (κ2) is 10.4. The summed E-state index contributed by atoms with van der Waals surface area (Å²) in [6.45, 7) is 6.38. The highest BCUT2D eigenvalue weighted by atomic mass is 32.2. The second-order valence-corrected chi connectivity index (χ2v) is 9.10. The van der Waals surface area contributed by atoms with E-state index in [-0.39, 0.29) is 17.1 Å². The number of ether oxygens (including phenoxy) is 1. The Balaban J connectivity index is 1.58. The van der Waals surface area contributed by atoms with E-state index < -0.39 is 0 Å². The quantitative estimate of drug-likeness (QED) is 0.424. The van der Waals surface area contributed by atoms with Gasteiger partial charge in [0.05, 0.1) is 22.1 Å². The number of nitrogens with zero attached hydrogens (tertiary/aromatic N) is 1. The van der Waals surface area contributed by atoms with Gasteiger partial charge in [-0.1, -0.05) is 18.3 Å². The van der Waals surface area contributed by atoms with E-state index in [4.69, 9.17) is 4.74 Å². The van der Waals surface area contributed by atoms with Crippen LogP contribution in [0.15, 0.2) is 47.4 Å². The van der Waals surface area contributed by atoms with Gasteiger partial charge in [0.1, 0.15) is 5.75 Å². The third-order valence-corrected chi connectivity index (χ3v) is 6.24. The number of aromatic nitrogens is 1. The molecule has 0 bridgehead atoms. The normalized spacial score (nSPS) is 11.8. The van der Waals surface area contributed by atoms with Crippen LogP contribution in [0.4, 0.5) is 10.8 Å². The standard InChI is InChI=1S/C22H25N3O3S2/c1-4-6-20(26)23-15-7-10-17(11-8-15)29-14(3)21(27)25-22-24-18-12-9-16(28-5-2)13-19(18)30-22/h7-14H,4-6H2,1-3H3,(H,23,26)(H,24,25,27). The summed E-state index contributed by atoms with van der Waals surface area (Å²) in [7, 11) is 0. The van der Waals surface area contributed by atoms with Gasteiger partial charge in [-0.2, -0.15) is 0 Å². The fourth-order valence-corrected chi connectivity index (χ4v) is 4.51. The average molecular weight is 444 g/mol. The summed E-state index contributed by atoms with van der Waals surface area (Å²) in [6, 6.07) is 13.2. The van der Waals surface area contributed by atoms with Crippen LogP contribution in [0.25, 0.3) is 10.2 Å².